The second-order valence-corrected chi connectivity index (χ2v) is 6.75. The minimum Gasteiger partial charge on any atom is -0.462 e. The molecule has 7 heteroatoms. The Morgan fingerprint density at radius 3 is 2.38 bits per heavy atom. The Bertz CT molecular complexity index is 1110. The fraction of sp³-hybridized carbons (Fsp3) is 0.120. The summed E-state index contributed by atoms with van der Waals surface area (Å²) in [7, 11) is 0. The van der Waals surface area contributed by atoms with E-state index in [0.29, 0.717) is 17.9 Å². The average molecular weight is 428 g/mol. The summed E-state index contributed by atoms with van der Waals surface area (Å²) in [5.41, 5.74) is 9.32. The highest BCUT2D eigenvalue weighted by Crippen LogP contribution is 2.19. The van der Waals surface area contributed by atoms with Crippen molar-refractivity contribution in [1.82, 2.24) is 10.3 Å². The van der Waals surface area contributed by atoms with Gasteiger partial charge in [0.2, 0.25) is 0 Å². The van der Waals surface area contributed by atoms with Gasteiger partial charge in [0.05, 0.1) is 17.7 Å². The van der Waals surface area contributed by atoms with Gasteiger partial charge in [-0.3, -0.25) is 4.79 Å². The monoisotopic (exact) mass is 428 g/mol. The third-order valence-corrected chi connectivity index (χ3v) is 4.55. The van der Waals surface area contributed by atoms with Crippen molar-refractivity contribution in [1.29, 1.82) is 0 Å². The first-order valence-electron chi connectivity index (χ1n) is 10.1. The molecule has 2 aromatic carbocycles. The highest BCUT2D eigenvalue weighted by molar-refractivity contribution is 6.12. The van der Waals surface area contributed by atoms with Crippen LogP contribution in [0.25, 0.3) is 11.1 Å². The number of carbonyl (C=O) groups is 2. The SMILES string of the molecule is CCOC(=O)c1ccc(N=C/C(=C\N)C(=O)NCc2ccc(-c3ccccc3)cc2)nc1. The van der Waals surface area contributed by atoms with Gasteiger partial charge in [0.25, 0.3) is 5.91 Å². The van der Waals surface area contributed by atoms with Crippen LogP contribution in [0.3, 0.4) is 0 Å². The minimum absolute atomic E-state index is 0.196. The van der Waals surface area contributed by atoms with Crippen molar-refractivity contribution >= 4 is 23.9 Å². The molecular formula is C25H24N4O3. The van der Waals surface area contributed by atoms with Gasteiger partial charge in [-0.25, -0.2) is 14.8 Å². The molecule has 3 aromatic rings. The molecule has 1 amide bonds. The number of rotatable bonds is 8. The molecular weight excluding hydrogens is 404 g/mol. The summed E-state index contributed by atoms with van der Waals surface area (Å²) in [6.45, 7) is 2.37. The van der Waals surface area contributed by atoms with Crippen LogP contribution >= 0.6 is 0 Å². The Labute approximate surface area is 186 Å². The quantitative estimate of drug-likeness (QED) is 0.323. The first-order chi connectivity index (χ1) is 15.6. The molecule has 0 saturated carbocycles. The summed E-state index contributed by atoms with van der Waals surface area (Å²) in [6, 6.07) is 21.2. The molecule has 0 atom stereocenters. The lowest BCUT2D eigenvalue weighted by Crippen LogP contribution is -2.25. The largest absolute Gasteiger partial charge is 0.462 e. The number of nitrogens with zero attached hydrogens (tertiary/aromatic N) is 2. The molecule has 1 heterocycles. The molecule has 0 fully saturated rings. The molecule has 0 radical (unpaired) electrons. The summed E-state index contributed by atoms with van der Waals surface area (Å²) in [5, 5.41) is 2.82. The maximum absolute atomic E-state index is 12.4. The predicted octanol–water partition coefficient (Wildman–Crippen LogP) is 3.79. The number of hydrogen-bond acceptors (Lipinski definition) is 6. The Hall–Kier alpha value is -4.26. The lowest BCUT2D eigenvalue weighted by molar-refractivity contribution is -0.117. The van der Waals surface area contributed by atoms with Crippen molar-refractivity contribution in [2.75, 3.05) is 6.61 Å². The lowest BCUT2D eigenvalue weighted by atomic mass is 10.0. The summed E-state index contributed by atoms with van der Waals surface area (Å²) >= 11 is 0. The first-order valence-corrected chi connectivity index (χ1v) is 10.1. The smallest absolute Gasteiger partial charge is 0.339 e. The highest BCUT2D eigenvalue weighted by Gasteiger charge is 2.08. The number of ether oxygens (including phenoxy) is 1. The van der Waals surface area contributed by atoms with E-state index in [1.54, 1.807) is 19.1 Å². The van der Waals surface area contributed by atoms with Crippen LogP contribution < -0.4 is 11.1 Å². The zero-order valence-corrected chi connectivity index (χ0v) is 17.7. The van der Waals surface area contributed by atoms with Crippen LogP contribution in [-0.4, -0.2) is 29.7 Å². The van der Waals surface area contributed by atoms with Crippen molar-refractivity contribution in [2.24, 2.45) is 10.7 Å². The number of nitrogens with one attached hydrogen (secondary N) is 1. The molecule has 162 valence electrons. The summed E-state index contributed by atoms with van der Waals surface area (Å²) in [5.74, 6) is -0.470. The van der Waals surface area contributed by atoms with Gasteiger partial charge < -0.3 is 15.8 Å². The van der Waals surface area contributed by atoms with Gasteiger partial charge in [0, 0.05) is 25.2 Å². The summed E-state index contributed by atoms with van der Waals surface area (Å²) in [6.07, 6.45) is 3.89. The topological polar surface area (TPSA) is 107 Å². The molecule has 0 spiro atoms. The van der Waals surface area contributed by atoms with E-state index in [0.717, 1.165) is 16.7 Å². The Morgan fingerprint density at radius 1 is 1.03 bits per heavy atom. The molecule has 3 rings (SSSR count). The third-order valence-electron chi connectivity index (χ3n) is 4.55. The van der Waals surface area contributed by atoms with Gasteiger partial charge >= 0.3 is 5.97 Å². The van der Waals surface area contributed by atoms with Gasteiger partial charge in [-0.1, -0.05) is 54.6 Å². The maximum atomic E-state index is 12.4. The zero-order valence-electron chi connectivity index (χ0n) is 17.7. The molecule has 7 nitrogen and oxygen atoms in total. The molecule has 32 heavy (non-hydrogen) atoms. The standard InChI is InChI=1S/C25H24N4O3/c1-2-32-25(31)21-12-13-23(27-16-21)28-17-22(14-26)24(30)29-15-18-8-10-20(11-9-18)19-6-4-3-5-7-19/h3-14,16-17H,2,15,26H2,1H3,(H,29,30)/b22-14+,28-17?. The van der Waals surface area contributed by atoms with E-state index in [1.807, 2.05) is 54.6 Å². The van der Waals surface area contributed by atoms with Crippen LogP contribution in [0.2, 0.25) is 0 Å². The van der Waals surface area contributed by atoms with Crippen LogP contribution in [0.4, 0.5) is 5.82 Å². The van der Waals surface area contributed by atoms with E-state index in [-0.39, 0.29) is 18.1 Å². The van der Waals surface area contributed by atoms with Gasteiger partial charge in [-0.05, 0) is 35.7 Å². The average Bonchev–Trinajstić information content (AvgIpc) is 2.84. The number of amides is 1. The predicted molar refractivity (Wildman–Crippen MR) is 124 cm³/mol. The second kappa shape index (κ2) is 11.2. The molecule has 1 aromatic heterocycles. The van der Waals surface area contributed by atoms with Crippen molar-refractivity contribution < 1.29 is 14.3 Å². The molecule has 0 bridgehead atoms. The maximum Gasteiger partial charge on any atom is 0.339 e. The van der Waals surface area contributed by atoms with Crippen molar-refractivity contribution in [3.8, 4) is 11.1 Å². The van der Waals surface area contributed by atoms with Crippen LogP contribution in [0.15, 0.2) is 89.7 Å². The van der Waals surface area contributed by atoms with Gasteiger partial charge in [-0.2, -0.15) is 0 Å². The summed E-state index contributed by atoms with van der Waals surface area (Å²) < 4.78 is 4.91. The summed E-state index contributed by atoms with van der Waals surface area (Å²) in [4.78, 5) is 32.3. The molecule has 0 unspecified atom stereocenters. The minimum atomic E-state index is -0.450. The first kappa shape index (κ1) is 22.4. The number of carbonyl (C=O) groups excluding carboxylic acids is 2. The number of nitrogens with two attached hydrogens (primary N) is 1. The Morgan fingerprint density at radius 2 is 1.75 bits per heavy atom. The second-order valence-electron chi connectivity index (χ2n) is 6.75. The van der Waals surface area contributed by atoms with E-state index in [1.165, 1.54) is 18.6 Å². The van der Waals surface area contributed by atoms with Crippen LogP contribution in [0.1, 0.15) is 22.8 Å². The Balaban J connectivity index is 1.56. The zero-order chi connectivity index (χ0) is 22.8. The van der Waals surface area contributed by atoms with Gasteiger partial charge in [-0.15, -0.1) is 0 Å². The van der Waals surface area contributed by atoms with Crippen LogP contribution in [0.5, 0.6) is 0 Å². The van der Waals surface area contributed by atoms with E-state index in [4.69, 9.17) is 10.5 Å². The van der Waals surface area contributed by atoms with Crippen molar-refractivity contribution in [2.45, 2.75) is 13.5 Å². The number of hydrogen-bond donors (Lipinski definition) is 2. The number of esters is 1. The Kier molecular flexibility index (Phi) is 7.86. The molecule has 0 aliphatic carbocycles. The normalized spacial score (nSPS) is 11.3. The van der Waals surface area contributed by atoms with Crippen molar-refractivity contribution in [3.05, 3.63) is 95.8 Å². The van der Waals surface area contributed by atoms with Crippen LogP contribution in [0, 0.1) is 0 Å². The number of benzene rings is 2. The van der Waals surface area contributed by atoms with Crippen molar-refractivity contribution in [3.63, 3.8) is 0 Å². The fourth-order valence-electron chi connectivity index (χ4n) is 2.84. The number of aliphatic imine (C=N–C) groups is 1. The van der Waals surface area contributed by atoms with E-state index in [9.17, 15) is 9.59 Å². The lowest BCUT2D eigenvalue weighted by Gasteiger charge is -2.07. The number of pyridine rings is 1. The fourth-order valence-corrected chi connectivity index (χ4v) is 2.84. The van der Waals surface area contributed by atoms with Gasteiger partial charge in [0.1, 0.15) is 0 Å². The molecule has 3 N–H and O–H groups in total. The third kappa shape index (κ3) is 6.12. The van der Waals surface area contributed by atoms with E-state index < -0.39 is 5.97 Å². The van der Waals surface area contributed by atoms with Gasteiger partial charge in [0.15, 0.2) is 5.82 Å². The molecule has 0 aliphatic rings. The molecule has 0 saturated heterocycles. The number of aromatic nitrogens is 1. The van der Waals surface area contributed by atoms with E-state index >= 15 is 0 Å². The van der Waals surface area contributed by atoms with Crippen LogP contribution in [-0.2, 0) is 16.1 Å². The highest BCUT2D eigenvalue weighted by atomic mass is 16.5. The van der Waals surface area contributed by atoms with E-state index in [2.05, 4.69) is 15.3 Å². The molecule has 0 aliphatic heterocycles.